The Morgan fingerprint density at radius 1 is 1.29 bits per heavy atom. The number of hydrogen-bond acceptors (Lipinski definition) is 6. The summed E-state index contributed by atoms with van der Waals surface area (Å²) in [5.74, 6) is -1.44. The van der Waals surface area contributed by atoms with Gasteiger partial charge in [-0.3, -0.25) is 14.9 Å². The van der Waals surface area contributed by atoms with Gasteiger partial charge in [-0.25, -0.2) is 4.79 Å². The van der Waals surface area contributed by atoms with Crippen LogP contribution in [0.25, 0.3) is 0 Å². The molecule has 0 saturated carbocycles. The predicted octanol–water partition coefficient (Wildman–Crippen LogP) is 4.15. The minimum Gasteiger partial charge on any atom is -0.448 e. The highest BCUT2D eigenvalue weighted by Gasteiger charge is 2.22. The first-order valence-electron chi connectivity index (χ1n) is 6.49. The maximum atomic E-state index is 12.1. The zero-order chi connectivity index (χ0) is 17.9. The molecule has 0 fully saturated rings. The third-order valence-corrected chi connectivity index (χ3v) is 4.39. The van der Waals surface area contributed by atoms with Crippen molar-refractivity contribution in [3.8, 4) is 0 Å². The summed E-state index contributed by atoms with van der Waals surface area (Å²) in [6, 6.07) is 6.99. The van der Waals surface area contributed by atoms with Gasteiger partial charge in [0, 0.05) is 11.1 Å². The van der Waals surface area contributed by atoms with Gasteiger partial charge in [0.1, 0.15) is 4.88 Å². The van der Waals surface area contributed by atoms with Crippen molar-refractivity contribution in [3.05, 3.63) is 55.4 Å². The van der Waals surface area contributed by atoms with Gasteiger partial charge in [-0.1, -0.05) is 34.5 Å². The van der Waals surface area contributed by atoms with Gasteiger partial charge >= 0.3 is 11.0 Å². The van der Waals surface area contributed by atoms with Crippen LogP contribution >= 0.6 is 34.5 Å². The summed E-state index contributed by atoms with van der Waals surface area (Å²) in [6.07, 6.45) is -1.13. The smallest absolute Gasteiger partial charge is 0.349 e. The van der Waals surface area contributed by atoms with Gasteiger partial charge in [0.2, 0.25) is 0 Å². The fraction of sp³-hybridized carbons (Fsp3) is 0.143. The Labute approximate surface area is 150 Å². The molecule has 7 nitrogen and oxygen atoms in total. The van der Waals surface area contributed by atoms with Crippen molar-refractivity contribution in [2.75, 3.05) is 5.32 Å². The number of hydrogen-bond donors (Lipinski definition) is 1. The predicted molar refractivity (Wildman–Crippen MR) is 90.9 cm³/mol. The first-order valence-corrected chi connectivity index (χ1v) is 8.06. The molecule has 2 aromatic rings. The molecular formula is C14H10Cl2N2O5S. The Kier molecular flexibility index (Phi) is 5.76. The SMILES string of the molecule is CC(OC(=O)c1ccc([N+](=O)[O-])s1)C(=O)Nc1cc(Cl)ccc1Cl. The maximum absolute atomic E-state index is 12.1. The zero-order valence-electron chi connectivity index (χ0n) is 12.1. The van der Waals surface area contributed by atoms with Gasteiger partial charge in [0.15, 0.2) is 6.10 Å². The van der Waals surface area contributed by atoms with Crippen LogP contribution < -0.4 is 5.32 Å². The van der Waals surface area contributed by atoms with E-state index in [9.17, 15) is 19.7 Å². The lowest BCUT2D eigenvalue weighted by Crippen LogP contribution is -2.29. The van der Waals surface area contributed by atoms with E-state index in [0.29, 0.717) is 16.4 Å². The molecule has 1 aromatic carbocycles. The van der Waals surface area contributed by atoms with E-state index in [4.69, 9.17) is 27.9 Å². The van der Waals surface area contributed by atoms with Crippen LogP contribution in [0.4, 0.5) is 10.7 Å². The van der Waals surface area contributed by atoms with Crippen molar-refractivity contribution >= 4 is 57.1 Å². The molecule has 10 heteroatoms. The molecule has 0 spiro atoms. The van der Waals surface area contributed by atoms with E-state index in [0.717, 1.165) is 0 Å². The fourth-order valence-corrected chi connectivity index (χ4v) is 2.68. The molecule has 0 aliphatic rings. The highest BCUT2D eigenvalue weighted by atomic mass is 35.5. The normalized spacial score (nSPS) is 11.6. The number of rotatable bonds is 5. The summed E-state index contributed by atoms with van der Waals surface area (Å²) in [6.45, 7) is 1.37. The number of benzene rings is 1. The number of amides is 1. The molecule has 0 aliphatic carbocycles. The number of halogens is 2. The standard InChI is InChI=1S/C14H10Cl2N2O5S/c1-7(13(19)17-10-6-8(15)2-3-9(10)16)23-14(20)11-4-5-12(24-11)18(21)22/h2-7H,1H3,(H,17,19). The van der Waals surface area contributed by atoms with Crippen LogP contribution in [0.1, 0.15) is 16.6 Å². The second kappa shape index (κ2) is 7.61. The summed E-state index contributed by atoms with van der Waals surface area (Å²) in [7, 11) is 0. The average Bonchev–Trinajstić information content (AvgIpc) is 3.01. The van der Waals surface area contributed by atoms with Crippen molar-refractivity contribution < 1.29 is 19.2 Å². The van der Waals surface area contributed by atoms with E-state index >= 15 is 0 Å². The number of esters is 1. The van der Waals surface area contributed by atoms with Crippen molar-refractivity contribution in [2.24, 2.45) is 0 Å². The molecule has 2 rings (SSSR count). The van der Waals surface area contributed by atoms with E-state index in [2.05, 4.69) is 5.32 Å². The number of carbonyl (C=O) groups excluding carboxylic acids is 2. The molecular weight excluding hydrogens is 379 g/mol. The largest absolute Gasteiger partial charge is 0.448 e. The third-order valence-electron chi connectivity index (χ3n) is 2.81. The van der Waals surface area contributed by atoms with E-state index in [1.807, 2.05) is 0 Å². The van der Waals surface area contributed by atoms with Crippen LogP contribution in [0.3, 0.4) is 0 Å². The third kappa shape index (κ3) is 4.44. The Morgan fingerprint density at radius 3 is 2.62 bits per heavy atom. The summed E-state index contributed by atoms with van der Waals surface area (Å²) < 4.78 is 4.99. The van der Waals surface area contributed by atoms with E-state index < -0.39 is 22.9 Å². The molecule has 0 radical (unpaired) electrons. The zero-order valence-corrected chi connectivity index (χ0v) is 14.4. The lowest BCUT2D eigenvalue weighted by molar-refractivity contribution is -0.380. The lowest BCUT2D eigenvalue weighted by atomic mass is 10.3. The molecule has 1 heterocycles. The second-order valence-electron chi connectivity index (χ2n) is 4.56. The molecule has 126 valence electrons. The number of nitrogens with one attached hydrogen (secondary N) is 1. The van der Waals surface area contributed by atoms with Crippen LogP contribution in [0, 0.1) is 10.1 Å². The second-order valence-corrected chi connectivity index (χ2v) is 6.46. The lowest BCUT2D eigenvalue weighted by Gasteiger charge is -2.13. The van der Waals surface area contributed by atoms with Crippen molar-refractivity contribution in [1.82, 2.24) is 0 Å². The first kappa shape index (κ1) is 18.2. The molecule has 24 heavy (non-hydrogen) atoms. The van der Waals surface area contributed by atoms with Crippen molar-refractivity contribution in [2.45, 2.75) is 13.0 Å². The number of nitrogens with zero attached hydrogens (tertiary/aromatic N) is 1. The molecule has 1 atom stereocenters. The van der Waals surface area contributed by atoms with Gasteiger partial charge in [0.25, 0.3) is 5.91 Å². The van der Waals surface area contributed by atoms with Crippen LogP contribution in [-0.4, -0.2) is 22.9 Å². The first-order chi connectivity index (χ1) is 11.3. The topological polar surface area (TPSA) is 98.5 Å². The van der Waals surface area contributed by atoms with Gasteiger partial charge in [-0.15, -0.1) is 0 Å². The number of anilines is 1. The van der Waals surface area contributed by atoms with Crippen LogP contribution in [-0.2, 0) is 9.53 Å². The monoisotopic (exact) mass is 388 g/mol. The summed E-state index contributed by atoms with van der Waals surface area (Å²) in [4.78, 5) is 34.0. The molecule has 1 aromatic heterocycles. The molecule has 1 amide bonds. The minimum absolute atomic E-state index is 0.0298. The molecule has 0 bridgehead atoms. The number of thiophene rings is 1. The van der Waals surface area contributed by atoms with E-state index in [-0.39, 0.29) is 20.6 Å². The maximum Gasteiger partial charge on any atom is 0.349 e. The number of nitro groups is 1. The van der Waals surface area contributed by atoms with Crippen molar-refractivity contribution in [3.63, 3.8) is 0 Å². The Balaban J connectivity index is 2.01. The fourth-order valence-electron chi connectivity index (χ4n) is 1.64. The summed E-state index contributed by atoms with van der Waals surface area (Å²) in [5, 5.41) is 13.6. The highest BCUT2D eigenvalue weighted by molar-refractivity contribution is 7.17. The average molecular weight is 389 g/mol. The Hall–Kier alpha value is -2.16. The number of ether oxygens (including phenoxy) is 1. The van der Waals surface area contributed by atoms with Crippen LogP contribution in [0.2, 0.25) is 10.0 Å². The minimum atomic E-state index is -1.13. The summed E-state index contributed by atoms with van der Waals surface area (Å²) in [5.41, 5.74) is 0.281. The molecule has 0 saturated heterocycles. The van der Waals surface area contributed by atoms with Gasteiger partial charge in [-0.05, 0) is 31.2 Å². The quantitative estimate of drug-likeness (QED) is 0.471. The summed E-state index contributed by atoms with van der Waals surface area (Å²) >= 11 is 12.4. The van der Waals surface area contributed by atoms with Crippen molar-refractivity contribution in [1.29, 1.82) is 0 Å². The van der Waals surface area contributed by atoms with E-state index in [1.165, 1.54) is 31.2 Å². The molecule has 0 aliphatic heterocycles. The van der Waals surface area contributed by atoms with E-state index in [1.54, 1.807) is 6.07 Å². The van der Waals surface area contributed by atoms with Gasteiger partial charge in [-0.2, -0.15) is 0 Å². The Bertz CT molecular complexity index is 808. The molecule has 1 unspecified atom stereocenters. The van der Waals surface area contributed by atoms with Crippen LogP contribution in [0.15, 0.2) is 30.3 Å². The van der Waals surface area contributed by atoms with Crippen LogP contribution in [0.5, 0.6) is 0 Å². The van der Waals surface area contributed by atoms with Gasteiger partial charge < -0.3 is 10.1 Å². The van der Waals surface area contributed by atoms with Gasteiger partial charge in [0.05, 0.1) is 15.6 Å². The number of carbonyl (C=O) groups is 2. The Morgan fingerprint density at radius 2 is 2.00 bits per heavy atom. The molecule has 1 N–H and O–H groups in total. The highest BCUT2D eigenvalue weighted by Crippen LogP contribution is 2.26.